The largest absolute Gasteiger partial charge is 0.454 e. The van der Waals surface area contributed by atoms with E-state index in [-0.39, 0.29) is 19.2 Å². The molecule has 2 aromatic carbocycles. The first-order valence-electron chi connectivity index (χ1n) is 8.56. The fourth-order valence-corrected chi connectivity index (χ4v) is 3.13. The van der Waals surface area contributed by atoms with Gasteiger partial charge in [-0.15, -0.1) is 0 Å². The minimum absolute atomic E-state index is 0.109. The third kappa shape index (κ3) is 3.63. The van der Waals surface area contributed by atoms with Gasteiger partial charge in [0.1, 0.15) is 0 Å². The number of nitrogens with zero attached hydrogens (tertiary/aromatic N) is 1. The van der Waals surface area contributed by atoms with Crippen LogP contribution in [0.3, 0.4) is 0 Å². The zero-order valence-electron chi connectivity index (χ0n) is 14.0. The van der Waals surface area contributed by atoms with Crippen LogP contribution in [0.4, 0.5) is 17.1 Å². The normalized spacial score (nSPS) is 15.3. The van der Waals surface area contributed by atoms with Crippen molar-refractivity contribution in [1.82, 2.24) is 0 Å². The van der Waals surface area contributed by atoms with Gasteiger partial charge in [-0.1, -0.05) is 0 Å². The summed E-state index contributed by atoms with van der Waals surface area (Å²) < 4.78 is 10.6. The topological polar surface area (TPSA) is 62.8 Å². The second-order valence-electron chi connectivity index (χ2n) is 6.21. The molecular formula is C19H21N3O3. The van der Waals surface area contributed by atoms with E-state index in [1.807, 2.05) is 12.1 Å². The first-order chi connectivity index (χ1) is 12.3. The molecule has 2 aliphatic rings. The van der Waals surface area contributed by atoms with E-state index in [2.05, 4.69) is 27.7 Å². The number of hydrogen-bond acceptors (Lipinski definition) is 5. The molecule has 4 rings (SSSR count). The highest BCUT2D eigenvalue weighted by molar-refractivity contribution is 5.94. The Morgan fingerprint density at radius 3 is 2.48 bits per heavy atom. The van der Waals surface area contributed by atoms with Crippen molar-refractivity contribution in [3.05, 3.63) is 42.5 Å². The van der Waals surface area contributed by atoms with Crippen molar-refractivity contribution in [1.29, 1.82) is 0 Å². The van der Waals surface area contributed by atoms with E-state index in [1.165, 1.54) is 18.5 Å². The number of ether oxygens (including phenoxy) is 2. The number of carbonyl (C=O) groups is 1. The quantitative estimate of drug-likeness (QED) is 0.877. The van der Waals surface area contributed by atoms with Gasteiger partial charge in [-0.05, 0) is 49.2 Å². The van der Waals surface area contributed by atoms with E-state index in [1.54, 1.807) is 18.2 Å². The van der Waals surface area contributed by atoms with Crippen LogP contribution in [0.15, 0.2) is 42.5 Å². The average Bonchev–Trinajstić information content (AvgIpc) is 3.32. The average molecular weight is 339 g/mol. The van der Waals surface area contributed by atoms with Gasteiger partial charge in [0.05, 0.1) is 6.54 Å². The fourth-order valence-electron chi connectivity index (χ4n) is 3.13. The van der Waals surface area contributed by atoms with E-state index in [4.69, 9.17) is 9.47 Å². The van der Waals surface area contributed by atoms with Gasteiger partial charge < -0.3 is 25.0 Å². The Labute approximate surface area is 146 Å². The number of carbonyl (C=O) groups excluding carboxylic acids is 1. The molecule has 2 aromatic rings. The second kappa shape index (κ2) is 6.93. The fraction of sp³-hybridized carbons (Fsp3) is 0.316. The molecule has 1 fully saturated rings. The van der Waals surface area contributed by atoms with Crippen molar-refractivity contribution in [2.75, 3.05) is 42.0 Å². The molecule has 1 saturated heterocycles. The first kappa shape index (κ1) is 15.6. The lowest BCUT2D eigenvalue weighted by Crippen LogP contribution is -2.22. The lowest BCUT2D eigenvalue weighted by molar-refractivity contribution is -0.114. The SMILES string of the molecule is O=C(CNc1ccc(N2CCCC2)cc1)Nc1ccc2c(c1)OCO2. The van der Waals surface area contributed by atoms with Crippen LogP contribution in [0.25, 0.3) is 0 Å². The number of amides is 1. The van der Waals surface area contributed by atoms with Crippen molar-refractivity contribution in [2.45, 2.75) is 12.8 Å². The number of benzene rings is 2. The number of rotatable bonds is 5. The Morgan fingerprint density at radius 2 is 1.68 bits per heavy atom. The number of anilines is 3. The molecule has 0 unspecified atom stereocenters. The van der Waals surface area contributed by atoms with E-state index in [0.29, 0.717) is 17.2 Å². The van der Waals surface area contributed by atoms with Crippen LogP contribution in [0, 0.1) is 0 Å². The van der Waals surface area contributed by atoms with Crippen LogP contribution in [0.2, 0.25) is 0 Å². The van der Waals surface area contributed by atoms with Gasteiger partial charge >= 0.3 is 0 Å². The molecule has 2 heterocycles. The maximum absolute atomic E-state index is 12.1. The van der Waals surface area contributed by atoms with Gasteiger partial charge in [-0.25, -0.2) is 0 Å². The Balaban J connectivity index is 1.29. The smallest absolute Gasteiger partial charge is 0.243 e. The van der Waals surface area contributed by atoms with Crippen LogP contribution in [-0.2, 0) is 4.79 Å². The molecule has 6 heteroatoms. The highest BCUT2D eigenvalue weighted by Crippen LogP contribution is 2.34. The minimum atomic E-state index is -0.109. The number of hydrogen-bond donors (Lipinski definition) is 2. The van der Waals surface area contributed by atoms with Crippen molar-refractivity contribution < 1.29 is 14.3 Å². The summed E-state index contributed by atoms with van der Waals surface area (Å²) in [6, 6.07) is 13.6. The van der Waals surface area contributed by atoms with E-state index >= 15 is 0 Å². The van der Waals surface area contributed by atoms with Crippen LogP contribution >= 0.6 is 0 Å². The molecule has 2 aliphatic heterocycles. The van der Waals surface area contributed by atoms with Gasteiger partial charge in [-0.3, -0.25) is 4.79 Å². The molecule has 0 radical (unpaired) electrons. The summed E-state index contributed by atoms with van der Waals surface area (Å²) in [7, 11) is 0. The molecule has 0 bridgehead atoms. The summed E-state index contributed by atoms with van der Waals surface area (Å²) in [5.74, 6) is 1.25. The Hall–Kier alpha value is -2.89. The summed E-state index contributed by atoms with van der Waals surface area (Å²) >= 11 is 0. The maximum Gasteiger partial charge on any atom is 0.243 e. The van der Waals surface area contributed by atoms with Crippen LogP contribution < -0.4 is 25.0 Å². The standard InChI is InChI=1S/C19H21N3O3/c23-19(21-15-5-8-17-18(11-15)25-13-24-17)12-20-14-3-6-16(7-4-14)22-9-1-2-10-22/h3-8,11,20H,1-2,9-10,12-13H2,(H,21,23). The Morgan fingerprint density at radius 1 is 0.960 bits per heavy atom. The molecule has 0 aliphatic carbocycles. The molecule has 2 N–H and O–H groups in total. The molecule has 0 spiro atoms. The lowest BCUT2D eigenvalue weighted by atomic mass is 10.2. The Kier molecular flexibility index (Phi) is 4.33. The predicted molar refractivity (Wildman–Crippen MR) is 97.6 cm³/mol. The summed E-state index contributed by atoms with van der Waals surface area (Å²) in [5, 5.41) is 6.00. The molecule has 0 atom stereocenters. The molecule has 6 nitrogen and oxygen atoms in total. The van der Waals surface area contributed by atoms with Crippen molar-refractivity contribution in [3.8, 4) is 11.5 Å². The predicted octanol–water partition coefficient (Wildman–Crippen LogP) is 3.07. The first-order valence-corrected chi connectivity index (χ1v) is 8.56. The van der Waals surface area contributed by atoms with Gasteiger partial charge in [0.15, 0.2) is 11.5 Å². The molecular weight excluding hydrogens is 318 g/mol. The summed E-state index contributed by atoms with van der Waals surface area (Å²) in [6.07, 6.45) is 2.53. The zero-order valence-corrected chi connectivity index (χ0v) is 14.0. The van der Waals surface area contributed by atoms with Crippen molar-refractivity contribution in [2.24, 2.45) is 0 Å². The van der Waals surface area contributed by atoms with Crippen LogP contribution in [0.1, 0.15) is 12.8 Å². The van der Waals surface area contributed by atoms with E-state index in [0.717, 1.165) is 18.8 Å². The highest BCUT2D eigenvalue weighted by atomic mass is 16.7. The highest BCUT2D eigenvalue weighted by Gasteiger charge is 2.14. The monoisotopic (exact) mass is 339 g/mol. The second-order valence-corrected chi connectivity index (χ2v) is 6.21. The Bertz CT molecular complexity index is 755. The van der Waals surface area contributed by atoms with E-state index in [9.17, 15) is 4.79 Å². The van der Waals surface area contributed by atoms with Crippen molar-refractivity contribution >= 4 is 23.0 Å². The molecule has 1 amide bonds. The van der Waals surface area contributed by atoms with Crippen LogP contribution in [-0.4, -0.2) is 32.3 Å². The molecule has 0 aromatic heterocycles. The van der Waals surface area contributed by atoms with Crippen molar-refractivity contribution in [3.63, 3.8) is 0 Å². The van der Waals surface area contributed by atoms with E-state index < -0.39 is 0 Å². The summed E-state index contributed by atoms with van der Waals surface area (Å²) in [4.78, 5) is 14.5. The maximum atomic E-state index is 12.1. The molecule has 0 saturated carbocycles. The van der Waals surface area contributed by atoms with Gasteiger partial charge in [0.25, 0.3) is 0 Å². The summed E-state index contributed by atoms with van der Waals surface area (Å²) in [5.41, 5.74) is 2.87. The minimum Gasteiger partial charge on any atom is -0.454 e. The summed E-state index contributed by atoms with van der Waals surface area (Å²) in [6.45, 7) is 2.69. The van der Waals surface area contributed by atoms with Gasteiger partial charge in [-0.2, -0.15) is 0 Å². The molecule has 25 heavy (non-hydrogen) atoms. The molecule has 130 valence electrons. The third-order valence-electron chi connectivity index (χ3n) is 4.45. The number of nitrogens with one attached hydrogen (secondary N) is 2. The third-order valence-corrected chi connectivity index (χ3v) is 4.45. The lowest BCUT2D eigenvalue weighted by Gasteiger charge is -2.18. The van der Waals surface area contributed by atoms with Gasteiger partial charge in [0.2, 0.25) is 12.7 Å². The van der Waals surface area contributed by atoms with Gasteiger partial charge in [0, 0.05) is 36.2 Å². The zero-order chi connectivity index (χ0) is 17.1. The van der Waals surface area contributed by atoms with Crippen LogP contribution in [0.5, 0.6) is 11.5 Å². The number of fused-ring (bicyclic) bond motifs is 1.